The summed E-state index contributed by atoms with van der Waals surface area (Å²) in [6.07, 6.45) is 15.5. The van der Waals surface area contributed by atoms with Crippen molar-refractivity contribution in [3.05, 3.63) is 0 Å². The maximum absolute atomic E-state index is 11.8. The van der Waals surface area contributed by atoms with E-state index in [9.17, 15) is 4.79 Å². The lowest BCUT2D eigenvalue weighted by Gasteiger charge is -2.17. The second-order valence-corrected chi connectivity index (χ2v) is 6.51. The number of esters is 1. The largest absolute Gasteiger partial charge is 0.411 e. The zero-order valence-electron chi connectivity index (χ0n) is 15.1. The number of aliphatic imine (C=N–C) groups is 1. The van der Waals surface area contributed by atoms with Gasteiger partial charge in [0, 0.05) is 13.5 Å². The normalized spacial score (nSPS) is 20.2. The Bertz CT molecular complexity index is 328. The summed E-state index contributed by atoms with van der Waals surface area (Å²) < 4.78 is 11.0. The van der Waals surface area contributed by atoms with Gasteiger partial charge in [-0.05, 0) is 19.8 Å². The van der Waals surface area contributed by atoms with Crippen LogP contribution in [-0.4, -0.2) is 31.1 Å². The van der Waals surface area contributed by atoms with E-state index in [0.29, 0.717) is 12.4 Å². The molecule has 0 atom stereocenters. The molecule has 4 heteroatoms. The molecule has 1 saturated carbocycles. The minimum atomic E-state index is -0.331. The van der Waals surface area contributed by atoms with Crippen molar-refractivity contribution in [3.8, 4) is 0 Å². The molecule has 1 rings (SSSR count). The van der Waals surface area contributed by atoms with Crippen LogP contribution in [-0.2, 0) is 14.3 Å². The van der Waals surface area contributed by atoms with Gasteiger partial charge in [0.15, 0.2) is 5.90 Å². The van der Waals surface area contributed by atoms with Crippen molar-refractivity contribution in [1.29, 1.82) is 0 Å². The molecule has 1 aliphatic rings. The lowest BCUT2D eigenvalue weighted by atomic mass is 10.0. The van der Waals surface area contributed by atoms with Crippen LogP contribution in [0.4, 0.5) is 0 Å². The Morgan fingerprint density at radius 2 is 1.39 bits per heavy atom. The topological polar surface area (TPSA) is 47.9 Å². The zero-order chi connectivity index (χ0) is 16.8. The quantitative estimate of drug-likeness (QED) is 0.413. The molecule has 0 bridgehead atoms. The molecule has 0 aromatic heterocycles. The summed E-state index contributed by atoms with van der Waals surface area (Å²) in [5.74, 6) is 0.0960. The molecule has 0 spiro atoms. The molecule has 0 N–H and O–H groups in total. The first-order valence-electron chi connectivity index (χ1n) is 9.55. The number of hydrogen-bond donors (Lipinski definition) is 0. The van der Waals surface area contributed by atoms with Crippen molar-refractivity contribution >= 4 is 11.9 Å². The predicted molar refractivity (Wildman–Crippen MR) is 94.9 cm³/mol. The van der Waals surface area contributed by atoms with Crippen LogP contribution in [0.15, 0.2) is 4.99 Å². The summed E-state index contributed by atoms with van der Waals surface area (Å²) in [6.45, 7) is 4.30. The third-order valence-electron chi connectivity index (χ3n) is 4.38. The van der Waals surface area contributed by atoms with E-state index in [2.05, 4.69) is 4.99 Å². The first kappa shape index (κ1) is 20.1. The highest BCUT2D eigenvalue weighted by Crippen LogP contribution is 2.18. The highest BCUT2D eigenvalue weighted by atomic mass is 16.6. The molecule has 134 valence electrons. The Balaban J connectivity index is 2.31. The first-order chi connectivity index (χ1) is 11.2. The van der Waals surface area contributed by atoms with E-state index in [-0.39, 0.29) is 18.7 Å². The fourth-order valence-electron chi connectivity index (χ4n) is 3.10. The smallest absolute Gasteiger partial charge is 0.338 e. The number of rotatable bonds is 4. The van der Waals surface area contributed by atoms with Crippen LogP contribution >= 0.6 is 0 Å². The van der Waals surface area contributed by atoms with Crippen molar-refractivity contribution in [2.75, 3.05) is 13.2 Å². The third-order valence-corrected chi connectivity index (χ3v) is 4.38. The summed E-state index contributed by atoms with van der Waals surface area (Å²) in [5, 5.41) is 0. The van der Waals surface area contributed by atoms with E-state index >= 15 is 0 Å². The van der Waals surface area contributed by atoms with Gasteiger partial charge >= 0.3 is 5.97 Å². The number of ether oxygens (including phenoxy) is 2. The first-order valence-corrected chi connectivity index (χ1v) is 9.55. The molecule has 0 aromatic rings. The molecule has 0 amide bonds. The SMILES string of the molecule is CCN=C(C)OC(=O)COC1CCCCCCCCCCCC1. The lowest BCUT2D eigenvalue weighted by molar-refractivity contribution is -0.143. The van der Waals surface area contributed by atoms with Gasteiger partial charge in [0.05, 0.1) is 6.10 Å². The molecule has 0 saturated heterocycles. The fraction of sp³-hybridized carbons (Fsp3) is 0.895. The molecule has 0 aromatic carbocycles. The molecule has 0 unspecified atom stereocenters. The predicted octanol–water partition coefficient (Wildman–Crippen LogP) is 5.05. The fourth-order valence-corrected chi connectivity index (χ4v) is 3.10. The molecule has 0 radical (unpaired) electrons. The Labute approximate surface area is 142 Å². The summed E-state index contributed by atoms with van der Waals surface area (Å²) in [4.78, 5) is 15.8. The van der Waals surface area contributed by atoms with Gasteiger partial charge in [-0.2, -0.15) is 0 Å². The van der Waals surface area contributed by atoms with E-state index in [1.165, 1.54) is 64.2 Å². The van der Waals surface area contributed by atoms with E-state index in [0.717, 1.165) is 12.8 Å². The van der Waals surface area contributed by atoms with Gasteiger partial charge in [0.1, 0.15) is 6.61 Å². The second kappa shape index (κ2) is 13.5. The van der Waals surface area contributed by atoms with Crippen LogP contribution in [0, 0.1) is 0 Å². The molecule has 1 aliphatic carbocycles. The molecule has 23 heavy (non-hydrogen) atoms. The van der Waals surface area contributed by atoms with Gasteiger partial charge in [-0.15, -0.1) is 0 Å². The highest BCUT2D eigenvalue weighted by molar-refractivity contribution is 5.87. The molecule has 0 aliphatic heterocycles. The molecule has 1 fully saturated rings. The summed E-state index contributed by atoms with van der Waals surface area (Å²) in [6, 6.07) is 0. The van der Waals surface area contributed by atoms with E-state index in [4.69, 9.17) is 9.47 Å². The van der Waals surface area contributed by atoms with Gasteiger partial charge in [-0.3, -0.25) is 4.99 Å². The van der Waals surface area contributed by atoms with Crippen LogP contribution in [0.1, 0.15) is 90.9 Å². The van der Waals surface area contributed by atoms with Crippen molar-refractivity contribution in [3.63, 3.8) is 0 Å². The summed E-state index contributed by atoms with van der Waals surface area (Å²) in [5.41, 5.74) is 0. The molecule has 0 heterocycles. The Morgan fingerprint density at radius 1 is 0.913 bits per heavy atom. The van der Waals surface area contributed by atoms with Crippen molar-refractivity contribution in [2.45, 2.75) is 97.0 Å². The Hall–Kier alpha value is -0.900. The Morgan fingerprint density at radius 3 is 1.87 bits per heavy atom. The average molecular weight is 325 g/mol. The van der Waals surface area contributed by atoms with Crippen LogP contribution in [0.5, 0.6) is 0 Å². The zero-order valence-corrected chi connectivity index (χ0v) is 15.1. The van der Waals surface area contributed by atoms with Crippen LogP contribution in [0.3, 0.4) is 0 Å². The standard InChI is InChI=1S/C19H35NO3/c1-3-20-17(2)23-19(21)16-22-18-14-12-10-8-6-4-5-7-9-11-13-15-18/h18H,3-16H2,1-2H3. The van der Waals surface area contributed by atoms with Crippen LogP contribution < -0.4 is 0 Å². The molecule has 4 nitrogen and oxygen atoms in total. The number of carbonyl (C=O) groups excluding carboxylic acids is 1. The van der Waals surface area contributed by atoms with Gasteiger partial charge in [-0.25, -0.2) is 4.79 Å². The second-order valence-electron chi connectivity index (χ2n) is 6.51. The van der Waals surface area contributed by atoms with Gasteiger partial charge in [0.25, 0.3) is 0 Å². The van der Waals surface area contributed by atoms with Crippen molar-refractivity contribution < 1.29 is 14.3 Å². The molecular formula is C19H35NO3. The van der Waals surface area contributed by atoms with Crippen molar-refractivity contribution in [1.82, 2.24) is 0 Å². The average Bonchev–Trinajstić information content (AvgIpc) is 2.54. The summed E-state index contributed by atoms with van der Waals surface area (Å²) >= 11 is 0. The third kappa shape index (κ3) is 11.3. The van der Waals surface area contributed by atoms with Gasteiger partial charge in [0.2, 0.25) is 0 Å². The molecular weight excluding hydrogens is 290 g/mol. The number of nitrogens with zero attached hydrogens (tertiary/aromatic N) is 1. The monoisotopic (exact) mass is 325 g/mol. The van der Waals surface area contributed by atoms with E-state index < -0.39 is 0 Å². The van der Waals surface area contributed by atoms with Gasteiger partial charge < -0.3 is 9.47 Å². The number of carbonyl (C=O) groups is 1. The maximum Gasteiger partial charge on any atom is 0.338 e. The minimum absolute atomic E-state index is 0.0429. The Kier molecular flexibility index (Phi) is 11.9. The minimum Gasteiger partial charge on any atom is -0.411 e. The summed E-state index contributed by atoms with van der Waals surface area (Å²) in [7, 11) is 0. The lowest BCUT2D eigenvalue weighted by Crippen LogP contribution is -2.22. The number of hydrogen-bond acceptors (Lipinski definition) is 4. The van der Waals surface area contributed by atoms with Crippen LogP contribution in [0.25, 0.3) is 0 Å². The van der Waals surface area contributed by atoms with E-state index in [1.54, 1.807) is 6.92 Å². The van der Waals surface area contributed by atoms with E-state index in [1.807, 2.05) is 6.92 Å². The van der Waals surface area contributed by atoms with Crippen molar-refractivity contribution in [2.24, 2.45) is 4.99 Å². The van der Waals surface area contributed by atoms with Gasteiger partial charge in [-0.1, -0.05) is 64.2 Å². The van der Waals surface area contributed by atoms with Crippen LogP contribution in [0.2, 0.25) is 0 Å². The maximum atomic E-state index is 11.8. The highest BCUT2D eigenvalue weighted by Gasteiger charge is 2.13.